The van der Waals surface area contributed by atoms with Crippen LogP contribution in [0.25, 0.3) is 22.3 Å². The van der Waals surface area contributed by atoms with E-state index in [0.717, 1.165) is 22.3 Å². The number of benzene rings is 2. The molecule has 0 aliphatic carbocycles. The van der Waals surface area contributed by atoms with Crippen LogP contribution >= 0.6 is 0 Å². The quantitative estimate of drug-likeness (QED) is 0.665. The Bertz CT molecular complexity index is 742. The predicted octanol–water partition coefficient (Wildman–Crippen LogP) is 3.46. The first-order chi connectivity index (χ1) is 9.18. The molecule has 0 aliphatic rings. The fourth-order valence-electron chi connectivity index (χ4n) is 2.20. The summed E-state index contributed by atoms with van der Waals surface area (Å²) in [6.07, 6.45) is 0. The van der Waals surface area contributed by atoms with Crippen LogP contribution in [0.15, 0.2) is 59.4 Å². The van der Waals surface area contributed by atoms with E-state index in [9.17, 15) is 9.59 Å². The molecule has 0 atom stereocenters. The maximum atomic E-state index is 11.9. The maximum Gasteiger partial charge on any atom is 0.195 e. The Morgan fingerprint density at radius 2 is 1.32 bits per heavy atom. The average Bonchev–Trinajstić information content (AvgIpc) is 3.11. The highest BCUT2D eigenvalue weighted by Gasteiger charge is 2.24. The lowest BCUT2D eigenvalue weighted by Crippen LogP contribution is -1.90. The van der Waals surface area contributed by atoms with Gasteiger partial charge in [0.1, 0.15) is 0 Å². The summed E-state index contributed by atoms with van der Waals surface area (Å²) in [5.74, 6) is 0.0333. The van der Waals surface area contributed by atoms with Gasteiger partial charge in [0.25, 0.3) is 0 Å². The van der Waals surface area contributed by atoms with Crippen molar-refractivity contribution < 1.29 is 4.79 Å². The lowest BCUT2D eigenvalue weighted by atomic mass is 10.1. The second-order valence-corrected chi connectivity index (χ2v) is 4.58. The van der Waals surface area contributed by atoms with E-state index in [-0.39, 0.29) is 11.2 Å². The number of carbonyl (C=O) groups excluding carboxylic acids is 1. The molecule has 92 valence electrons. The van der Waals surface area contributed by atoms with Gasteiger partial charge in [0, 0.05) is 16.7 Å². The molecule has 0 radical (unpaired) electrons. The van der Waals surface area contributed by atoms with Gasteiger partial charge in [-0.1, -0.05) is 54.6 Å². The Hall–Kier alpha value is -2.48. The third-order valence-electron chi connectivity index (χ3n) is 3.28. The molecule has 2 nitrogen and oxygen atoms in total. The minimum Gasteiger partial charge on any atom is -0.295 e. The van der Waals surface area contributed by atoms with Crippen molar-refractivity contribution in [2.45, 2.75) is 6.92 Å². The number of hydrogen-bond acceptors (Lipinski definition) is 2. The van der Waals surface area contributed by atoms with Crippen molar-refractivity contribution >= 4 is 5.78 Å². The van der Waals surface area contributed by atoms with Crippen LogP contribution in [0.5, 0.6) is 0 Å². The molecular weight excluding hydrogens is 236 g/mol. The Balaban J connectivity index is 1.97. The standard InChI is InChI=1S/C17H12O2/c1-11(18)12-7-9-14(10-8-12)16-15(17(16)19)13-5-3-2-4-6-13/h2-10H,1H3. The summed E-state index contributed by atoms with van der Waals surface area (Å²) in [6.45, 7) is 1.53. The lowest BCUT2D eigenvalue weighted by Gasteiger charge is -1.97. The predicted molar refractivity (Wildman–Crippen MR) is 76.0 cm³/mol. The normalized spacial score (nSPS) is 10.8. The molecule has 0 aliphatic heterocycles. The SMILES string of the molecule is CC(=O)c1ccc(-c2c(-c3ccccc3)c2=O)cc1. The molecule has 0 bridgehead atoms. The van der Waals surface area contributed by atoms with Crippen molar-refractivity contribution in [3.63, 3.8) is 0 Å². The Kier molecular flexibility index (Phi) is 2.64. The fraction of sp³-hybridized carbons (Fsp3) is 0.0588. The summed E-state index contributed by atoms with van der Waals surface area (Å²) < 4.78 is 0. The highest BCUT2D eigenvalue weighted by molar-refractivity contribution is 5.97. The second kappa shape index (κ2) is 4.32. The average molecular weight is 248 g/mol. The van der Waals surface area contributed by atoms with Crippen molar-refractivity contribution in [2.75, 3.05) is 0 Å². The summed E-state index contributed by atoms with van der Waals surface area (Å²) in [5, 5.41) is 0. The molecule has 3 aromatic carbocycles. The molecule has 0 saturated carbocycles. The Labute approximate surface area is 111 Å². The summed E-state index contributed by atoms with van der Waals surface area (Å²) in [5.41, 5.74) is 4.16. The zero-order chi connectivity index (χ0) is 13.4. The van der Waals surface area contributed by atoms with Crippen LogP contribution in [0.3, 0.4) is 0 Å². The van der Waals surface area contributed by atoms with E-state index in [1.165, 1.54) is 6.92 Å². The summed E-state index contributed by atoms with van der Waals surface area (Å²) in [4.78, 5) is 23.1. The Morgan fingerprint density at radius 1 is 0.789 bits per heavy atom. The van der Waals surface area contributed by atoms with Crippen molar-refractivity contribution in [2.24, 2.45) is 0 Å². The van der Waals surface area contributed by atoms with E-state index in [1.54, 1.807) is 12.1 Å². The van der Waals surface area contributed by atoms with Crippen LogP contribution in [-0.4, -0.2) is 5.78 Å². The molecule has 2 heteroatoms. The smallest absolute Gasteiger partial charge is 0.195 e. The van der Waals surface area contributed by atoms with Gasteiger partial charge in [-0.25, -0.2) is 0 Å². The molecule has 19 heavy (non-hydrogen) atoms. The topological polar surface area (TPSA) is 34.1 Å². The van der Waals surface area contributed by atoms with Crippen molar-refractivity contribution in [1.82, 2.24) is 0 Å². The molecule has 0 unspecified atom stereocenters. The third kappa shape index (κ3) is 2.02. The summed E-state index contributed by atoms with van der Waals surface area (Å²) >= 11 is 0. The van der Waals surface area contributed by atoms with Gasteiger partial charge in [0.15, 0.2) is 11.2 Å². The van der Waals surface area contributed by atoms with Crippen LogP contribution in [-0.2, 0) is 0 Å². The molecule has 0 heterocycles. The van der Waals surface area contributed by atoms with Gasteiger partial charge in [0.05, 0.1) is 0 Å². The van der Waals surface area contributed by atoms with Gasteiger partial charge in [-0.15, -0.1) is 0 Å². The minimum atomic E-state index is 0.0333. The van der Waals surface area contributed by atoms with Crippen LogP contribution in [0.4, 0.5) is 0 Å². The molecule has 0 spiro atoms. The van der Waals surface area contributed by atoms with Crippen molar-refractivity contribution in [1.29, 1.82) is 0 Å². The molecule has 3 aromatic rings. The van der Waals surface area contributed by atoms with Gasteiger partial charge in [0.2, 0.25) is 0 Å². The van der Waals surface area contributed by atoms with Crippen LogP contribution in [0.2, 0.25) is 0 Å². The molecule has 0 saturated heterocycles. The number of hydrogen-bond donors (Lipinski definition) is 0. The monoisotopic (exact) mass is 248 g/mol. The van der Waals surface area contributed by atoms with Gasteiger partial charge >= 0.3 is 0 Å². The highest BCUT2D eigenvalue weighted by atomic mass is 16.1. The lowest BCUT2D eigenvalue weighted by molar-refractivity contribution is 0.101. The van der Waals surface area contributed by atoms with E-state index in [1.807, 2.05) is 42.5 Å². The first-order valence-electron chi connectivity index (χ1n) is 6.14. The van der Waals surface area contributed by atoms with Crippen molar-refractivity contribution in [3.8, 4) is 22.3 Å². The highest BCUT2D eigenvalue weighted by Crippen LogP contribution is 2.34. The summed E-state index contributed by atoms with van der Waals surface area (Å²) in [7, 11) is 0. The number of ketones is 1. The van der Waals surface area contributed by atoms with Gasteiger partial charge in [-0.3, -0.25) is 9.59 Å². The first kappa shape index (κ1) is 11.6. The van der Waals surface area contributed by atoms with Gasteiger partial charge in [-0.05, 0) is 18.1 Å². The van der Waals surface area contributed by atoms with E-state index in [4.69, 9.17) is 0 Å². The third-order valence-corrected chi connectivity index (χ3v) is 3.28. The van der Waals surface area contributed by atoms with Gasteiger partial charge in [-0.2, -0.15) is 0 Å². The molecule has 0 N–H and O–H groups in total. The minimum absolute atomic E-state index is 0.0333. The maximum absolute atomic E-state index is 11.9. The first-order valence-corrected chi connectivity index (χ1v) is 6.14. The molecule has 0 amide bonds. The number of carbonyl (C=O) groups is 1. The zero-order valence-electron chi connectivity index (χ0n) is 10.5. The van der Waals surface area contributed by atoms with E-state index in [0.29, 0.717) is 5.56 Å². The largest absolute Gasteiger partial charge is 0.295 e. The van der Waals surface area contributed by atoms with Crippen LogP contribution in [0, 0.1) is 0 Å². The molecule has 3 rings (SSSR count). The molecular formula is C17H12O2. The fourth-order valence-corrected chi connectivity index (χ4v) is 2.20. The Morgan fingerprint density at radius 3 is 1.84 bits per heavy atom. The molecule has 0 aromatic heterocycles. The van der Waals surface area contributed by atoms with E-state index >= 15 is 0 Å². The van der Waals surface area contributed by atoms with Gasteiger partial charge < -0.3 is 0 Å². The van der Waals surface area contributed by atoms with Crippen LogP contribution < -0.4 is 5.43 Å². The van der Waals surface area contributed by atoms with Crippen LogP contribution in [0.1, 0.15) is 17.3 Å². The second-order valence-electron chi connectivity index (χ2n) is 4.58. The van der Waals surface area contributed by atoms with Crippen molar-refractivity contribution in [3.05, 3.63) is 70.4 Å². The number of Topliss-reactive ketones (excluding diaryl/α,β-unsaturated/α-hetero) is 1. The van der Waals surface area contributed by atoms with E-state index in [2.05, 4.69) is 0 Å². The zero-order valence-corrected chi connectivity index (χ0v) is 10.5. The van der Waals surface area contributed by atoms with E-state index < -0.39 is 0 Å². The number of rotatable bonds is 3. The summed E-state index contributed by atoms with van der Waals surface area (Å²) in [6, 6.07) is 16.8. The molecule has 0 fully saturated rings.